The molecular formula is C19H25N3O5. The zero-order valence-corrected chi connectivity index (χ0v) is 16.1. The van der Waals surface area contributed by atoms with Crippen LogP contribution in [0.2, 0.25) is 0 Å². The van der Waals surface area contributed by atoms with Crippen LogP contribution >= 0.6 is 0 Å². The van der Waals surface area contributed by atoms with Gasteiger partial charge in [-0.3, -0.25) is 19.3 Å². The number of amides is 4. The number of benzene rings is 1. The molecular weight excluding hydrogens is 350 g/mol. The van der Waals surface area contributed by atoms with Gasteiger partial charge in [0.15, 0.2) is 0 Å². The highest BCUT2D eigenvalue weighted by molar-refractivity contribution is 6.09. The number of carboxylic acid groups (broad SMARTS) is 1. The summed E-state index contributed by atoms with van der Waals surface area (Å²) in [5, 5.41) is 13.7. The fourth-order valence-corrected chi connectivity index (χ4v) is 2.83. The van der Waals surface area contributed by atoms with E-state index >= 15 is 0 Å². The van der Waals surface area contributed by atoms with E-state index in [1.807, 2.05) is 12.1 Å². The van der Waals surface area contributed by atoms with Crippen LogP contribution in [0.3, 0.4) is 0 Å². The predicted octanol–water partition coefficient (Wildman–Crippen LogP) is 1.34. The van der Waals surface area contributed by atoms with Crippen LogP contribution in [0.25, 0.3) is 0 Å². The summed E-state index contributed by atoms with van der Waals surface area (Å²) in [7, 11) is 0. The molecule has 1 aromatic carbocycles. The van der Waals surface area contributed by atoms with Gasteiger partial charge in [0.05, 0.1) is 0 Å². The minimum atomic E-state index is -1.29. The summed E-state index contributed by atoms with van der Waals surface area (Å²) in [5.74, 6) is -2.49. The molecule has 27 heavy (non-hydrogen) atoms. The van der Waals surface area contributed by atoms with Crippen LogP contribution < -0.4 is 10.6 Å². The second kappa shape index (κ2) is 7.02. The number of hydrogen-bond donors (Lipinski definition) is 3. The fourth-order valence-electron chi connectivity index (χ4n) is 2.83. The van der Waals surface area contributed by atoms with Crippen molar-refractivity contribution in [3.05, 3.63) is 35.4 Å². The highest BCUT2D eigenvalue weighted by Crippen LogP contribution is 2.31. The molecule has 0 radical (unpaired) electrons. The first-order valence-electron chi connectivity index (χ1n) is 8.63. The van der Waals surface area contributed by atoms with E-state index in [1.54, 1.807) is 19.1 Å². The van der Waals surface area contributed by atoms with E-state index < -0.39 is 41.9 Å². The number of carbonyl (C=O) groups excluding carboxylic acids is 3. The Morgan fingerprint density at radius 2 is 1.78 bits per heavy atom. The Kier molecular flexibility index (Phi) is 5.30. The molecule has 8 heteroatoms. The molecule has 0 spiro atoms. The monoisotopic (exact) mass is 375 g/mol. The van der Waals surface area contributed by atoms with Gasteiger partial charge in [-0.1, -0.05) is 45.0 Å². The maximum absolute atomic E-state index is 12.8. The molecule has 0 bridgehead atoms. The standard InChI is InChI=1S/C19H25N3O5/c1-11(15(24)25)20-14(23)10-22-16(26)19(5,21-17(22)27)13-8-6-12(7-9-13)18(2,3)4/h6-9,11H,10H2,1-5H3,(H,20,23)(H,21,27)(H,24,25). The molecule has 146 valence electrons. The fraction of sp³-hybridized carbons (Fsp3) is 0.474. The largest absolute Gasteiger partial charge is 0.480 e. The van der Waals surface area contributed by atoms with Crippen LogP contribution in [0.1, 0.15) is 45.7 Å². The number of rotatable bonds is 5. The van der Waals surface area contributed by atoms with Crippen molar-refractivity contribution >= 4 is 23.8 Å². The van der Waals surface area contributed by atoms with Crippen molar-refractivity contribution in [2.75, 3.05) is 6.54 Å². The van der Waals surface area contributed by atoms with E-state index in [0.29, 0.717) is 5.56 Å². The molecule has 0 aromatic heterocycles. The van der Waals surface area contributed by atoms with E-state index in [1.165, 1.54) is 6.92 Å². The summed E-state index contributed by atoms with van der Waals surface area (Å²) in [6.45, 7) is 8.56. The average Bonchev–Trinajstić information content (AvgIpc) is 2.78. The minimum Gasteiger partial charge on any atom is -0.480 e. The lowest BCUT2D eigenvalue weighted by Crippen LogP contribution is -2.46. The van der Waals surface area contributed by atoms with Crippen LogP contribution in [-0.2, 0) is 25.3 Å². The number of imide groups is 1. The van der Waals surface area contributed by atoms with Crippen LogP contribution in [-0.4, -0.2) is 46.4 Å². The summed E-state index contributed by atoms with van der Waals surface area (Å²) in [4.78, 5) is 48.6. The van der Waals surface area contributed by atoms with Gasteiger partial charge in [-0.2, -0.15) is 0 Å². The number of nitrogens with zero attached hydrogens (tertiary/aromatic N) is 1. The molecule has 8 nitrogen and oxygen atoms in total. The van der Waals surface area contributed by atoms with Gasteiger partial charge in [0.25, 0.3) is 5.91 Å². The normalized spacial score (nSPS) is 21.0. The van der Waals surface area contributed by atoms with Crippen molar-refractivity contribution in [2.24, 2.45) is 0 Å². The van der Waals surface area contributed by atoms with Crippen LogP contribution in [0.15, 0.2) is 24.3 Å². The highest BCUT2D eigenvalue weighted by Gasteiger charge is 2.49. The molecule has 1 aliphatic rings. The first-order valence-corrected chi connectivity index (χ1v) is 8.63. The third-order valence-corrected chi connectivity index (χ3v) is 4.65. The number of carbonyl (C=O) groups is 4. The first kappa shape index (κ1) is 20.4. The molecule has 2 atom stereocenters. The average molecular weight is 375 g/mol. The maximum Gasteiger partial charge on any atom is 0.325 e. The van der Waals surface area contributed by atoms with Crippen molar-refractivity contribution in [1.29, 1.82) is 0 Å². The van der Waals surface area contributed by atoms with Crippen LogP contribution in [0.4, 0.5) is 4.79 Å². The summed E-state index contributed by atoms with van der Waals surface area (Å²) in [6, 6.07) is 5.58. The maximum atomic E-state index is 12.8. The van der Waals surface area contributed by atoms with E-state index in [4.69, 9.17) is 5.11 Å². The number of carboxylic acids is 1. The second-order valence-electron chi connectivity index (χ2n) is 7.90. The zero-order chi connectivity index (χ0) is 20.6. The van der Waals surface area contributed by atoms with Gasteiger partial charge in [-0.15, -0.1) is 0 Å². The van der Waals surface area contributed by atoms with Gasteiger partial charge >= 0.3 is 12.0 Å². The molecule has 1 fully saturated rings. The van der Waals surface area contributed by atoms with Gasteiger partial charge in [0.1, 0.15) is 18.1 Å². The van der Waals surface area contributed by atoms with Gasteiger partial charge in [0.2, 0.25) is 5.91 Å². The molecule has 1 aliphatic heterocycles. The zero-order valence-electron chi connectivity index (χ0n) is 16.1. The smallest absolute Gasteiger partial charge is 0.325 e. The highest BCUT2D eigenvalue weighted by atomic mass is 16.4. The summed E-state index contributed by atoms with van der Waals surface area (Å²) < 4.78 is 0. The van der Waals surface area contributed by atoms with E-state index in [9.17, 15) is 19.2 Å². The number of nitrogens with one attached hydrogen (secondary N) is 2. The molecule has 3 N–H and O–H groups in total. The van der Waals surface area contributed by atoms with Gasteiger partial charge in [-0.05, 0) is 30.4 Å². The van der Waals surface area contributed by atoms with E-state index in [-0.39, 0.29) is 5.41 Å². The summed E-state index contributed by atoms with van der Waals surface area (Å²) in [6.07, 6.45) is 0. The van der Waals surface area contributed by atoms with Crippen molar-refractivity contribution < 1.29 is 24.3 Å². The van der Waals surface area contributed by atoms with Crippen molar-refractivity contribution in [3.63, 3.8) is 0 Å². The van der Waals surface area contributed by atoms with Crippen molar-refractivity contribution in [1.82, 2.24) is 15.5 Å². The van der Waals surface area contributed by atoms with Crippen LogP contribution in [0, 0.1) is 0 Å². The third kappa shape index (κ3) is 4.10. The summed E-state index contributed by atoms with van der Waals surface area (Å²) >= 11 is 0. The van der Waals surface area contributed by atoms with Gasteiger partial charge in [-0.25, -0.2) is 4.79 Å². The Morgan fingerprint density at radius 3 is 2.26 bits per heavy atom. The minimum absolute atomic E-state index is 0.0483. The first-order chi connectivity index (χ1) is 12.4. The molecule has 4 amide bonds. The molecule has 1 saturated heterocycles. The Bertz CT molecular complexity index is 782. The lowest BCUT2D eigenvalue weighted by Gasteiger charge is -2.24. The SMILES string of the molecule is CC(NC(=O)CN1C(=O)NC(C)(c2ccc(C(C)(C)C)cc2)C1=O)C(=O)O. The molecule has 2 unspecified atom stereocenters. The van der Waals surface area contributed by atoms with Gasteiger partial charge < -0.3 is 15.7 Å². The topological polar surface area (TPSA) is 116 Å². The van der Waals surface area contributed by atoms with Crippen LogP contribution in [0.5, 0.6) is 0 Å². The predicted molar refractivity (Wildman–Crippen MR) is 98.0 cm³/mol. The lowest BCUT2D eigenvalue weighted by molar-refractivity contribution is -0.141. The molecule has 0 saturated carbocycles. The molecule has 0 aliphatic carbocycles. The molecule has 1 heterocycles. The number of urea groups is 1. The van der Waals surface area contributed by atoms with Gasteiger partial charge in [0, 0.05) is 0 Å². The molecule has 2 rings (SSSR count). The van der Waals surface area contributed by atoms with Crippen molar-refractivity contribution in [3.8, 4) is 0 Å². The second-order valence-corrected chi connectivity index (χ2v) is 7.90. The Balaban J connectivity index is 2.18. The Morgan fingerprint density at radius 1 is 1.22 bits per heavy atom. The van der Waals surface area contributed by atoms with E-state index in [0.717, 1.165) is 10.5 Å². The Labute approximate surface area is 157 Å². The van der Waals surface area contributed by atoms with E-state index in [2.05, 4.69) is 31.4 Å². The quantitative estimate of drug-likeness (QED) is 0.672. The number of aliphatic carboxylic acids is 1. The lowest BCUT2D eigenvalue weighted by atomic mass is 9.84. The Hall–Kier alpha value is -2.90. The van der Waals surface area contributed by atoms with Crippen molar-refractivity contribution in [2.45, 2.75) is 51.6 Å². The number of hydrogen-bond acceptors (Lipinski definition) is 4. The molecule has 1 aromatic rings. The third-order valence-electron chi connectivity index (χ3n) is 4.65. The summed E-state index contributed by atoms with van der Waals surface area (Å²) in [5.41, 5.74) is 0.362.